The summed E-state index contributed by atoms with van der Waals surface area (Å²) < 4.78 is 10.6. The van der Waals surface area contributed by atoms with Crippen molar-refractivity contribution in [1.82, 2.24) is 10.6 Å². The van der Waals surface area contributed by atoms with Crippen LogP contribution in [0, 0.1) is 5.41 Å². The van der Waals surface area contributed by atoms with Gasteiger partial charge in [0.25, 0.3) is 0 Å². The van der Waals surface area contributed by atoms with Crippen molar-refractivity contribution < 1.29 is 19.1 Å². The van der Waals surface area contributed by atoms with Crippen LogP contribution < -0.4 is 20.1 Å². The molecule has 2 aromatic carbocycles. The van der Waals surface area contributed by atoms with Gasteiger partial charge < -0.3 is 20.1 Å². The first-order chi connectivity index (χ1) is 12.9. The van der Waals surface area contributed by atoms with Gasteiger partial charge in [0.1, 0.15) is 5.41 Å². The molecule has 0 atom stereocenters. The van der Waals surface area contributed by atoms with E-state index in [0.717, 1.165) is 11.1 Å². The van der Waals surface area contributed by atoms with Gasteiger partial charge in [0.15, 0.2) is 11.5 Å². The molecule has 6 nitrogen and oxygen atoms in total. The van der Waals surface area contributed by atoms with Crippen molar-refractivity contribution in [1.29, 1.82) is 0 Å². The second-order valence-corrected chi connectivity index (χ2v) is 7.18. The monoisotopic (exact) mass is 388 g/mol. The van der Waals surface area contributed by atoms with Gasteiger partial charge in [-0.3, -0.25) is 9.59 Å². The highest BCUT2D eigenvalue weighted by Crippen LogP contribution is 2.32. The van der Waals surface area contributed by atoms with Crippen LogP contribution in [0.4, 0.5) is 0 Å². The number of rotatable bonds is 6. The van der Waals surface area contributed by atoms with Gasteiger partial charge in [0, 0.05) is 18.1 Å². The highest BCUT2D eigenvalue weighted by Gasteiger charge is 2.35. The van der Waals surface area contributed by atoms with Gasteiger partial charge in [0.05, 0.1) is 0 Å². The van der Waals surface area contributed by atoms with E-state index < -0.39 is 5.41 Å². The Balaban J connectivity index is 1.56. The van der Waals surface area contributed by atoms with Crippen molar-refractivity contribution >= 4 is 23.4 Å². The average molecular weight is 389 g/mol. The van der Waals surface area contributed by atoms with E-state index in [1.165, 1.54) is 0 Å². The Labute approximate surface area is 162 Å². The molecule has 0 aliphatic carbocycles. The predicted octanol–water partition coefficient (Wildman–Crippen LogP) is 3.03. The van der Waals surface area contributed by atoms with Gasteiger partial charge >= 0.3 is 0 Å². The van der Waals surface area contributed by atoms with Crippen LogP contribution in [0.1, 0.15) is 25.0 Å². The second kappa shape index (κ2) is 7.88. The molecule has 0 saturated carbocycles. The Morgan fingerprint density at radius 3 is 2.41 bits per heavy atom. The van der Waals surface area contributed by atoms with Crippen molar-refractivity contribution in [2.75, 3.05) is 6.79 Å². The third kappa shape index (κ3) is 4.34. The summed E-state index contributed by atoms with van der Waals surface area (Å²) in [7, 11) is 0. The first kappa shape index (κ1) is 19.0. The van der Waals surface area contributed by atoms with E-state index in [1.807, 2.05) is 30.3 Å². The fraction of sp³-hybridized carbons (Fsp3) is 0.300. The minimum atomic E-state index is -1.22. The Kier molecular flexibility index (Phi) is 5.56. The summed E-state index contributed by atoms with van der Waals surface area (Å²) in [5.74, 6) is 0.602. The van der Waals surface area contributed by atoms with Crippen LogP contribution in [-0.4, -0.2) is 18.6 Å². The first-order valence-electron chi connectivity index (χ1n) is 8.56. The summed E-state index contributed by atoms with van der Waals surface area (Å²) in [6.45, 7) is 3.92. The zero-order chi connectivity index (χ0) is 19.4. The van der Waals surface area contributed by atoms with Gasteiger partial charge in [-0.2, -0.15) is 0 Å². The maximum Gasteiger partial charge on any atom is 0.235 e. The van der Waals surface area contributed by atoms with E-state index in [2.05, 4.69) is 10.6 Å². The second-order valence-electron chi connectivity index (χ2n) is 6.77. The SMILES string of the molecule is CC(C)(C(=O)NCc1ccc2c(c1)OCO2)C(=O)NCc1ccccc1Cl. The van der Waals surface area contributed by atoms with E-state index in [9.17, 15) is 9.59 Å². The molecule has 0 radical (unpaired) electrons. The molecule has 3 rings (SSSR count). The number of fused-ring (bicyclic) bond motifs is 1. The number of benzene rings is 2. The van der Waals surface area contributed by atoms with E-state index in [-0.39, 0.29) is 31.7 Å². The number of nitrogens with one attached hydrogen (secondary N) is 2. The molecule has 0 bridgehead atoms. The molecule has 2 aromatic rings. The lowest BCUT2D eigenvalue weighted by Gasteiger charge is -2.23. The largest absolute Gasteiger partial charge is 0.454 e. The van der Waals surface area contributed by atoms with Crippen molar-refractivity contribution in [3.63, 3.8) is 0 Å². The Morgan fingerprint density at radius 2 is 1.67 bits per heavy atom. The molecule has 7 heteroatoms. The molecule has 0 unspecified atom stereocenters. The Bertz CT molecular complexity index is 867. The van der Waals surface area contributed by atoms with E-state index >= 15 is 0 Å². The number of halogens is 1. The Hall–Kier alpha value is -2.73. The molecule has 2 amide bonds. The smallest absolute Gasteiger partial charge is 0.235 e. The normalized spacial score (nSPS) is 12.6. The number of amides is 2. The van der Waals surface area contributed by atoms with Gasteiger partial charge in [-0.05, 0) is 43.2 Å². The average Bonchev–Trinajstić information content (AvgIpc) is 3.12. The topological polar surface area (TPSA) is 76.7 Å². The number of carbonyl (C=O) groups is 2. The summed E-state index contributed by atoms with van der Waals surface area (Å²) in [5.41, 5.74) is 0.432. The summed E-state index contributed by atoms with van der Waals surface area (Å²) in [6, 6.07) is 12.7. The summed E-state index contributed by atoms with van der Waals surface area (Å²) in [5, 5.41) is 6.14. The van der Waals surface area contributed by atoms with Crippen molar-refractivity contribution in [3.8, 4) is 11.5 Å². The van der Waals surface area contributed by atoms with Crippen LogP contribution in [0.2, 0.25) is 5.02 Å². The standard InChI is InChI=1S/C20H21ClN2O4/c1-20(2,19(25)23-11-14-5-3-4-6-15(14)21)18(24)22-10-13-7-8-16-17(9-13)27-12-26-16/h3-9H,10-12H2,1-2H3,(H,22,24)(H,23,25). The van der Waals surface area contributed by atoms with Crippen LogP contribution in [0.3, 0.4) is 0 Å². The number of ether oxygens (including phenoxy) is 2. The third-order valence-corrected chi connectivity index (χ3v) is 4.79. The number of hydrogen-bond donors (Lipinski definition) is 2. The molecule has 0 fully saturated rings. The highest BCUT2D eigenvalue weighted by atomic mass is 35.5. The van der Waals surface area contributed by atoms with Crippen LogP contribution in [0.5, 0.6) is 11.5 Å². The fourth-order valence-corrected chi connectivity index (χ4v) is 2.80. The van der Waals surface area contributed by atoms with Gasteiger partial charge in [-0.25, -0.2) is 0 Å². The van der Waals surface area contributed by atoms with Gasteiger partial charge in [0.2, 0.25) is 18.6 Å². The lowest BCUT2D eigenvalue weighted by atomic mass is 9.91. The lowest BCUT2D eigenvalue weighted by Crippen LogP contribution is -2.47. The predicted molar refractivity (Wildman–Crippen MR) is 101 cm³/mol. The van der Waals surface area contributed by atoms with Gasteiger partial charge in [-0.15, -0.1) is 0 Å². The summed E-state index contributed by atoms with van der Waals surface area (Å²) in [4.78, 5) is 25.0. The maximum atomic E-state index is 12.5. The minimum Gasteiger partial charge on any atom is -0.454 e. The fourth-order valence-electron chi connectivity index (χ4n) is 2.60. The van der Waals surface area contributed by atoms with E-state index in [1.54, 1.807) is 26.0 Å². The van der Waals surface area contributed by atoms with Crippen LogP contribution >= 0.6 is 11.6 Å². The van der Waals surface area contributed by atoms with Crippen molar-refractivity contribution in [3.05, 3.63) is 58.6 Å². The molecule has 1 aliphatic heterocycles. The van der Waals surface area contributed by atoms with E-state index in [4.69, 9.17) is 21.1 Å². The van der Waals surface area contributed by atoms with Crippen LogP contribution in [-0.2, 0) is 22.7 Å². The molecule has 142 valence electrons. The zero-order valence-corrected chi connectivity index (χ0v) is 15.9. The maximum absolute atomic E-state index is 12.5. The van der Waals surface area contributed by atoms with E-state index in [0.29, 0.717) is 16.5 Å². The van der Waals surface area contributed by atoms with Crippen LogP contribution in [0.25, 0.3) is 0 Å². The summed E-state index contributed by atoms with van der Waals surface area (Å²) >= 11 is 6.09. The zero-order valence-electron chi connectivity index (χ0n) is 15.2. The number of carbonyl (C=O) groups excluding carboxylic acids is 2. The molecule has 0 aromatic heterocycles. The molecular weight excluding hydrogens is 368 g/mol. The molecule has 0 spiro atoms. The summed E-state index contributed by atoms with van der Waals surface area (Å²) in [6.07, 6.45) is 0. The minimum absolute atomic E-state index is 0.198. The molecular formula is C20H21ClN2O4. The Morgan fingerprint density at radius 1 is 1.00 bits per heavy atom. The molecule has 2 N–H and O–H groups in total. The molecule has 0 saturated heterocycles. The van der Waals surface area contributed by atoms with Crippen LogP contribution in [0.15, 0.2) is 42.5 Å². The lowest BCUT2D eigenvalue weighted by molar-refractivity contribution is -0.141. The quantitative estimate of drug-likeness (QED) is 0.746. The highest BCUT2D eigenvalue weighted by molar-refractivity contribution is 6.31. The number of hydrogen-bond acceptors (Lipinski definition) is 4. The molecule has 1 heterocycles. The molecule has 1 aliphatic rings. The van der Waals surface area contributed by atoms with Crippen molar-refractivity contribution in [2.24, 2.45) is 5.41 Å². The first-order valence-corrected chi connectivity index (χ1v) is 8.94. The van der Waals surface area contributed by atoms with Crippen molar-refractivity contribution in [2.45, 2.75) is 26.9 Å². The third-order valence-electron chi connectivity index (χ3n) is 4.42. The van der Waals surface area contributed by atoms with Gasteiger partial charge in [-0.1, -0.05) is 35.9 Å². The molecule has 27 heavy (non-hydrogen) atoms.